The maximum absolute atomic E-state index is 11.5. The van der Waals surface area contributed by atoms with E-state index in [4.69, 9.17) is 9.90 Å². The Hall–Kier alpha value is -2.43. The zero-order chi connectivity index (χ0) is 21.5. The number of piperidine rings is 2. The maximum Gasteiger partial charge on any atom is 0.490 e. The molecule has 0 atom stereocenters. The lowest BCUT2D eigenvalue weighted by atomic mass is 9.72. The highest BCUT2D eigenvalue weighted by Crippen LogP contribution is 2.40. The Labute approximate surface area is 167 Å². The average Bonchev–Trinajstić information content (AvgIpc) is 2.70. The third-order valence-electron chi connectivity index (χ3n) is 5.34. The summed E-state index contributed by atoms with van der Waals surface area (Å²) in [6.07, 6.45) is 5.11. The molecule has 1 aromatic rings. The molecule has 1 aromatic heterocycles. The van der Waals surface area contributed by atoms with E-state index in [9.17, 15) is 18.0 Å². The highest BCUT2D eigenvalue weighted by Gasteiger charge is 2.39. The van der Waals surface area contributed by atoms with Gasteiger partial charge in [0, 0.05) is 32.5 Å². The van der Waals surface area contributed by atoms with E-state index in [0.717, 1.165) is 32.0 Å². The number of aliphatic carboxylic acids is 1. The fraction of sp³-hybridized carbons (Fsp3) is 0.667. The molecule has 3 heterocycles. The van der Waals surface area contributed by atoms with Gasteiger partial charge in [-0.1, -0.05) is 0 Å². The molecule has 0 aromatic carbocycles. The van der Waals surface area contributed by atoms with Gasteiger partial charge in [-0.2, -0.15) is 13.2 Å². The van der Waals surface area contributed by atoms with Crippen molar-refractivity contribution in [2.75, 3.05) is 44.7 Å². The smallest absolute Gasteiger partial charge is 0.475 e. The molecule has 2 aliphatic rings. The van der Waals surface area contributed by atoms with Crippen LogP contribution in [-0.2, 0) is 9.59 Å². The highest BCUT2D eigenvalue weighted by molar-refractivity contribution is 5.77. The van der Waals surface area contributed by atoms with E-state index in [-0.39, 0.29) is 5.91 Å². The summed E-state index contributed by atoms with van der Waals surface area (Å²) in [6.45, 7) is 4.70. The minimum atomic E-state index is -5.08. The Morgan fingerprint density at radius 1 is 1.21 bits per heavy atom. The normalized spacial score (nSPS) is 19.2. The van der Waals surface area contributed by atoms with Gasteiger partial charge in [0.15, 0.2) is 0 Å². The number of hydrogen-bond donors (Lipinski definition) is 2. The number of carbonyl (C=O) groups excluding carboxylic acids is 1. The molecular weight excluding hydrogens is 391 g/mol. The monoisotopic (exact) mass is 417 g/mol. The maximum atomic E-state index is 11.5. The van der Waals surface area contributed by atoms with Crippen molar-refractivity contribution in [3.8, 4) is 0 Å². The molecule has 2 saturated heterocycles. The molecule has 8 nitrogen and oxygen atoms in total. The highest BCUT2D eigenvalue weighted by atomic mass is 19.4. The van der Waals surface area contributed by atoms with Gasteiger partial charge in [-0.3, -0.25) is 14.7 Å². The zero-order valence-corrected chi connectivity index (χ0v) is 16.3. The molecule has 162 valence electrons. The summed E-state index contributed by atoms with van der Waals surface area (Å²) in [4.78, 5) is 33.7. The van der Waals surface area contributed by atoms with E-state index in [1.807, 2.05) is 6.20 Å². The van der Waals surface area contributed by atoms with Crippen molar-refractivity contribution in [1.82, 2.24) is 20.2 Å². The average molecular weight is 417 g/mol. The third-order valence-corrected chi connectivity index (χ3v) is 5.34. The Bertz CT molecular complexity index is 679. The molecule has 29 heavy (non-hydrogen) atoms. The van der Waals surface area contributed by atoms with Gasteiger partial charge in [-0.15, -0.1) is 0 Å². The Morgan fingerprint density at radius 2 is 1.86 bits per heavy atom. The number of hydrogen-bond acceptors (Lipinski definition) is 6. The van der Waals surface area contributed by atoms with Crippen LogP contribution in [0.15, 0.2) is 18.6 Å². The van der Waals surface area contributed by atoms with Gasteiger partial charge in [0.2, 0.25) is 5.91 Å². The third kappa shape index (κ3) is 6.84. The molecular formula is C18H26F3N5O3. The lowest BCUT2D eigenvalue weighted by Gasteiger charge is -2.47. The molecule has 0 saturated carbocycles. The summed E-state index contributed by atoms with van der Waals surface area (Å²) in [5, 5.41) is 9.83. The summed E-state index contributed by atoms with van der Waals surface area (Å²) >= 11 is 0. The van der Waals surface area contributed by atoms with Crippen molar-refractivity contribution in [2.24, 2.45) is 5.41 Å². The number of nitrogens with zero attached hydrogens (tertiary/aromatic N) is 4. The van der Waals surface area contributed by atoms with Crippen molar-refractivity contribution in [2.45, 2.75) is 31.9 Å². The van der Waals surface area contributed by atoms with Gasteiger partial charge < -0.3 is 15.3 Å². The molecule has 0 bridgehead atoms. The predicted molar refractivity (Wildman–Crippen MR) is 99.3 cm³/mol. The van der Waals surface area contributed by atoms with Crippen LogP contribution >= 0.6 is 0 Å². The van der Waals surface area contributed by atoms with E-state index < -0.39 is 12.1 Å². The number of halogens is 3. The van der Waals surface area contributed by atoms with Crippen LogP contribution in [-0.4, -0.2) is 77.8 Å². The number of likely N-dealkylation sites (N-methyl/N-ethyl adjacent to an activating group) is 1. The zero-order valence-electron chi connectivity index (χ0n) is 16.3. The van der Waals surface area contributed by atoms with Crippen LogP contribution < -0.4 is 10.2 Å². The topological polar surface area (TPSA) is 98.7 Å². The first-order valence-corrected chi connectivity index (χ1v) is 9.39. The second-order valence-electron chi connectivity index (χ2n) is 7.34. The molecule has 2 N–H and O–H groups in total. The van der Waals surface area contributed by atoms with Crippen LogP contribution in [0.2, 0.25) is 0 Å². The number of carbonyl (C=O) groups is 2. The fourth-order valence-corrected chi connectivity index (χ4v) is 3.73. The molecule has 0 unspecified atom stereocenters. The van der Waals surface area contributed by atoms with Crippen molar-refractivity contribution in [3.63, 3.8) is 0 Å². The molecule has 1 amide bonds. The second-order valence-corrected chi connectivity index (χ2v) is 7.34. The Morgan fingerprint density at radius 3 is 2.38 bits per heavy atom. The Kier molecular flexibility index (Phi) is 7.77. The lowest BCUT2D eigenvalue weighted by molar-refractivity contribution is -0.192. The number of alkyl halides is 3. The minimum absolute atomic E-state index is 0.112. The number of nitrogens with one attached hydrogen (secondary N) is 1. The minimum Gasteiger partial charge on any atom is -0.475 e. The van der Waals surface area contributed by atoms with Crippen molar-refractivity contribution in [1.29, 1.82) is 0 Å². The summed E-state index contributed by atoms with van der Waals surface area (Å²) < 4.78 is 31.7. The van der Waals surface area contributed by atoms with Crippen LogP contribution in [0.25, 0.3) is 0 Å². The molecule has 1 spiro atoms. The predicted octanol–water partition coefficient (Wildman–Crippen LogP) is 1.54. The number of rotatable bonds is 3. The van der Waals surface area contributed by atoms with E-state index >= 15 is 0 Å². The summed E-state index contributed by atoms with van der Waals surface area (Å²) in [7, 11) is 1.70. The van der Waals surface area contributed by atoms with Gasteiger partial charge in [-0.05, 0) is 44.2 Å². The molecule has 2 fully saturated rings. The quantitative estimate of drug-likeness (QED) is 0.770. The Balaban J connectivity index is 0.000000370. The lowest BCUT2D eigenvalue weighted by Crippen LogP contribution is -2.51. The van der Waals surface area contributed by atoms with Crippen LogP contribution in [0.5, 0.6) is 0 Å². The molecule has 2 aliphatic heterocycles. The van der Waals surface area contributed by atoms with Crippen molar-refractivity contribution >= 4 is 17.7 Å². The van der Waals surface area contributed by atoms with Crippen molar-refractivity contribution < 1.29 is 27.9 Å². The second kappa shape index (κ2) is 9.86. The number of likely N-dealkylation sites (tertiary alicyclic amines) is 1. The first kappa shape index (κ1) is 22.9. The van der Waals surface area contributed by atoms with Crippen LogP contribution in [0, 0.1) is 5.41 Å². The van der Waals surface area contributed by atoms with E-state index in [2.05, 4.69) is 25.1 Å². The first-order chi connectivity index (χ1) is 13.6. The SMILES string of the molecule is CNC(=O)CN1CCC2(CCCN(c3cnccn3)C2)CC1.O=C(O)C(F)(F)F. The molecule has 0 aliphatic carbocycles. The van der Waals surface area contributed by atoms with Gasteiger partial charge in [-0.25, -0.2) is 9.78 Å². The number of amides is 1. The standard InChI is InChI=1S/C16H25N5O.C2HF3O2/c1-17-15(22)12-20-9-4-16(5-10-20)3-2-8-21(13-16)14-11-18-6-7-19-14;3-2(4,5)1(6)7/h6-7,11H,2-5,8-10,12-13H2,1H3,(H,17,22);(H,6,7). The fourth-order valence-electron chi connectivity index (χ4n) is 3.73. The summed E-state index contributed by atoms with van der Waals surface area (Å²) in [5.74, 6) is -1.65. The van der Waals surface area contributed by atoms with E-state index in [0.29, 0.717) is 12.0 Å². The largest absolute Gasteiger partial charge is 0.490 e. The number of carboxylic acids is 1. The summed E-state index contributed by atoms with van der Waals surface area (Å²) in [6, 6.07) is 0. The van der Waals surface area contributed by atoms with Crippen LogP contribution in [0.3, 0.4) is 0 Å². The van der Waals surface area contributed by atoms with Gasteiger partial charge in [0.05, 0.1) is 12.7 Å². The number of aromatic nitrogens is 2. The first-order valence-electron chi connectivity index (χ1n) is 9.39. The van der Waals surface area contributed by atoms with Gasteiger partial charge in [0.1, 0.15) is 5.82 Å². The van der Waals surface area contributed by atoms with Crippen molar-refractivity contribution in [3.05, 3.63) is 18.6 Å². The van der Waals surface area contributed by atoms with E-state index in [1.165, 1.54) is 25.7 Å². The van der Waals surface area contributed by atoms with Crippen LogP contribution in [0.1, 0.15) is 25.7 Å². The van der Waals surface area contributed by atoms with Gasteiger partial charge >= 0.3 is 12.1 Å². The molecule has 3 rings (SSSR count). The number of anilines is 1. The van der Waals surface area contributed by atoms with Crippen LogP contribution in [0.4, 0.5) is 19.0 Å². The summed E-state index contributed by atoms with van der Waals surface area (Å²) in [5.41, 5.74) is 0.384. The number of carboxylic acid groups (broad SMARTS) is 1. The molecule has 0 radical (unpaired) electrons. The molecule has 11 heteroatoms. The van der Waals surface area contributed by atoms with E-state index in [1.54, 1.807) is 19.4 Å². The van der Waals surface area contributed by atoms with Gasteiger partial charge in [0.25, 0.3) is 0 Å².